The molecule has 0 aromatic carbocycles. The lowest BCUT2D eigenvalue weighted by atomic mass is 10.4. The Kier molecular flexibility index (Phi) is 5.12. The van der Waals surface area contributed by atoms with Crippen molar-refractivity contribution in [2.75, 3.05) is 12.8 Å². The van der Waals surface area contributed by atoms with Crippen molar-refractivity contribution >= 4 is 16.7 Å². The van der Waals surface area contributed by atoms with E-state index in [1.54, 1.807) is 0 Å². The van der Waals surface area contributed by atoms with Crippen molar-refractivity contribution in [1.82, 2.24) is 10.0 Å². The van der Waals surface area contributed by atoms with Crippen molar-refractivity contribution < 1.29 is 9.11 Å². The Morgan fingerprint density at radius 2 is 2.08 bits per heavy atom. The first-order valence-corrected chi connectivity index (χ1v) is 6.25. The SMILES string of the molecule is CC.CC1CN=C(NS(C)(O)O)N1. The number of aliphatic imine (C=N–C) groups is 1. The number of guanidine groups is 1. The van der Waals surface area contributed by atoms with Crippen molar-refractivity contribution in [3.05, 3.63) is 0 Å². The minimum atomic E-state index is -2.67. The van der Waals surface area contributed by atoms with Gasteiger partial charge in [-0.25, -0.2) is 4.99 Å². The zero-order chi connectivity index (χ0) is 10.5. The van der Waals surface area contributed by atoms with Gasteiger partial charge in [-0.15, -0.1) is 10.8 Å². The molecule has 1 unspecified atom stereocenters. The zero-order valence-corrected chi connectivity index (χ0v) is 9.35. The van der Waals surface area contributed by atoms with Crippen molar-refractivity contribution in [3.8, 4) is 0 Å². The van der Waals surface area contributed by atoms with Gasteiger partial charge in [0.15, 0.2) is 0 Å². The van der Waals surface area contributed by atoms with Crippen LogP contribution in [0.2, 0.25) is 0 Å². The van der Waals surface area contributed by atoms with Crippen LogP contribution in [0.1, 0.15) is 20.8 Å². The minimum absolute atomic E-state index is 0.277. The molecular weight excluding hydrogens is 190 g/mol. The summed E-state index contributed by atoms with van der Waals surface area (Å²) in [6, 6.07) is 0.277. The van der Waals surface area contributed by atoms with Gasteiger partial charge in [-0.1, -0.05) is 13.8 Å². The first-order chi connectivity index (χ1) is 5.97. The largest absolute Gasteiger partial charge is 0.351 e. The van der Waals surface area contributed by atoms with Crippen molar-refractivity contribution in [3.63, 3.8) is 0 Å². The molecule has 4 N–H and O–H groups in total. The van der Waals surface area contributed by atoms with Gasteiger partial charge in [0, 0.05) is 12.3 Å². The first-order valence-electron chi connectivity index (χ1n) is 4.29. The molecule has 0 fully saturated rings. The number of nitrogens with zero attached hydrogens (tertiary/aromatic N) is 1. The van der Waals surface area contributed by atoms with Crippen molar-refractivity contribution in [1.29, 1.82) is 0 Å². The Labute approximate surface area is 81.1 Å². The molecule has 80 valence electrons. The molecule has 1 aliphatic rings. The summed E-state index contributed by atoms with van der Waals surface area (Å²) in [5, 5.41) is 2.95. The predicted octanol–water partition coefficient (Wildman–Crippen LogP) is 1.25. The highest BCUT2D eigenvalue weighted by Gasteiger charge is 2.15. The van der Waals surface area contributed by atoms with Crippen molar-refractivity contribution in [2.45, 2.75) is 26.8 Å². The van der Waals surface area contributed by atoms with Gasteiger partial charge in [-0.05, 0) is 6.92 Å². The minimum Gasteiger partial charge on any atom is -0.351 e. The van der Waals surface area contributed by atoms with Crippen LogP contribution < -0.4 is 10.0 Å². The van der Waals surface area contributed by atoms with E-state index in [2.05, 4.69) is 15.0 Å². The lowest BCUT2D eigenvalue weighted by molar-refractivity contribution is 0.489. The molecule has 0 radical (unpaired) electrons. The molecule has 1 aliphatic heterocycles. The lowest BCUT2D eigenvalue weighted by Crippen LogP contribution is -2.38. The molecule has 13 heavy (non-hydrogen) atoms. The van der Waals surface area contributed by atoms with E-state index in [0.717, 1.165) is 0 Å². The maximum absolute atomic E-state index is 8.97. The van der Waals surface area contributed by atoms with Gasteiger partial charge in [0.2, 0.25) is 5.96 Å². The van der Waals surface area contributed by atoms with Crippen LogP contribution in [0, 0.1) is 0 Å². The van der Waals surface area contributed by atoms with Crippen LogP contribution in [-0.2, 0) is 0 Å². The van der Waals surface area contributed by atoms with E-state index in [-0.39, 0.29) is 6.04 Å². The summed E-state index contributed by atoms with van der Waals surface area (Å²) in [6.07, 6.45) is 1.32. The van der Waals surface area contributed by atoms with Crippen LogP contribution in [0.3, 0.4) is 0 Å². The molecule has 0 spiro atoms. The molecular formula is C7H19N3O2S. The number of hydrogen-bond donors (Lipinski definition) is 4. The molecule has 0 amide bonds. The van der Waals surface area contributed by atoms with E-state index in [0.29, 0.717) is 12.5 Å². The third-order valence-electron chi connectivity index (χ3n) is 1.20. The fraction of sp³-hybridized carbons (Fsp3) is 0.857. The van der Waals surface area contributed by atoms with Gasteiger partial charge < -0.3 is 5.32 Å². The molecule has 5 nitrogen and oxygen atoms in total. The summed E-state index contributed by atoms with van der Waals surface area (Å²) >= 11 is 0. The van der Waals surface area contributed by atoms with Crippen LogP contribution in [-0.4, -0.2) is 33.9 Å². The molecule has 6 heteroatoms. The first kappa shape index (κ1) is 12.5. The maximum atomic E-state index is 8.97. The number of rotatable bonds is 1. The molecule has 1 rings (SSSR count). The highest BCUT2D eigenvalue weighted by atomic mass is 32.3. The monoisotopic (exact) mass is 209 g/mol. The van der Waals surface area contributed by atoms with E-state index >= 15 is 0 Å². The molecule has 0 aliphatic carbocycles. The summed E-state index contributed by atoms with van der Waals surface area (Å²) in [4.78, 5) is 4.00. The number of nitrogens with one attached hydrogen (secondary N) is 2. The van der Waals surface area contributed by atoms with Gasteiger partial charge in [0.1, 0.15) is 0 Å². The smallest absolute Gasteiger partial charge is 0.210 e. The second kappa shape index (κ2) is 5.31. The quantitative estimate of drug-likeness (QED) is 0.524. The average molecular weight is 209 g/mol. The predicted molar refractivity (Wildman–Crippen MR) is 58.2 cm³/mol. The fourth-order valence-electron chi connectivity index (χ4n) is 0.798. The molecule has 1 atom stereocenters. The van der Waals surface area contributed by atoms with Gasteiger partial charge in [-0.3, -0.25) is 13.8 Å². The van der Waals surface area contributed by atoms with Gasteiger partial charge in [0.05, 0.1) is 6.54 Å². The summed E-state index contributed by atoms with van der Waals surface area (Å²) in [5.74, 6) is 0.472. The van der Waals surface area contributed by atoms with Crippen LogP contribution in [0.5, 0.6) is 0 Å². The Bertz CT molecular complexity index is 179. The summed E-state index contributed by atoms with van der Waals surface area (Å²) in [7, 11) is -2.67. The van der Waals surface area contributed by atoms with Crippen LogP contribution >= 0.6 is 10.8 Å². The normalized spacial score (nSPS) is 22.3. The standard InChI is InChI=1S/C5H13N3O2S.C2H6/c1-4-3-6-5(7-4)8-11(2,9)10;1-2/h4,9-10H,3H2,1-2H3,(H2,6,7,8);1-2H3. The average Bonchev–Trinajstić information content (AvgIpc) is 2.36. The van der Waals surface area contributed by atoms with E-state index in [4.69, 9.17) is 9.11 Å². The Hall–Kier alpha value is -0.460. The van der Waals surface area contributed by atoms with Crippen LogP contribution in [0.15, 0.2) is 4.99 Å². The Morgan fingerprint density at radius 1 is 1.54 bits per heavy atom. The maximum Gasteiger partial charge on any atom is 0.210 e. The van der Waals surface area contributed by atoms with Gasteiger partial charge in [0.25, 0.3) is 0 Å². The molecule has 0 aromatic heterocycles. The van der Waals surface area contributed by atoms with Gasteiger partial charge in [-0.2, -0.15) is 0 Å². The zero-order valence-electron chi connectivity index (χ0n) is 8.53. The van der Waals surface area contributed by atoms with E-state index < -0.39 is 10.8 Å². The summed E-state index contributed by atoms with van der Waals surface area (Å²) < 4.78 is 20.4. The topological polar surface area (TPSA) is 76.9 Å². The molecule has 0 saturated heterocycles. The molecule has 1 heterocycles. The molecule has 0 saturated carbocycles. The van der Waals surface area contributed by atoms with Crippen LogP contribution in [0.25, 0.3) is 0 Å². The highest BCUT2D eigenvalue weighted by Crippen LogP contribution is 2.26. The van der Waals surface area contributed by atoms with Crippen LogP contribution in [0.4, 0.5) is 0 Å². The second-order valence-electron chi connectivity index (χ2n) is 2.67. The van der Waals surface area contributed by atoms with Crippen molar-refractivity contribution in [2.24, 2.45) is 4.99 Å². The Morgan fingerprint density at radius 3 is 2.38 bits per heavy atom. The second-order valence-corrected chi connectivity index (χ2v) is 4.54. The summed E-state index contributed by atoms with van der Waals surface area (Å²) in [5.41, 5.74) is 0. The summed E-state index contributed by atoms with van der Waals surface area (Å²) in [6.45, 7) is 6.65. The van der Waals surface area contributed by atoms with E-state index in [1.807, 2.05) is 20.8 Å². The van der Waals surface area contributed by atoms with E-state index in [9.17, 15) is 0 Å². The van der Waals surface area contributed by atoms with E-state index in [1.165, 1.54) is 6.26 Å². The third-order valence-corrected chi connectivity index (χ3v) is 1.78. The Balaban J connectivity index is 0.000000671. The third kappa shape index (κ3) is 5.73. The fourth-order valence-corrected chi connectivity index (χ4v) is 1.29. The molecule has 0 bridgehead atoms. The lowest BCUT2D eigenvalue weighted by Gasteiger charge is -2.28. The number of hydrogen-bond acceptors (Lipinski definition) is 5. The molecule has 0 aromatic rings. The highest BCUT2D eigenvalue weighted by molar-refractivity contribution is 8.22. The van der Waals surface area contributed by atoms with Gasteiger partial charge >= 0.3 is 0 Å².